The van der Waals surface area contributed by atoms with Crippen molar-refractivity contribution in [3.8, 4) is 0 Å². The zero-order valence-corrected chi connectivity index (χ0v) is 11.2. The third-order valence-electron chi connectivity index (χ3n) is 3.08. The summed E-state index contributed by atoms with van der Waals surface area (Å²) in [6, 6.07) is 3.96. The van der Waals surface area contributed by atoms with Crippen molar-refractivity contribution >= 4 is 11.6 Å². The normalized spacial score (nSPS) is 10.5. The average molecular weight is 276 g/mol. The van der Waals surface area contributed by atoms with Crippen LogP contribution in [0.25, 0.3) is 0 Å². The zero-order valence-electron chi connectivity index (χ0n) is 11.2. The smallest absolute Gasteiger partial charge is 0.254 e. The molecule has 2 rings (SSSR count). The number of H-pyrrole nitrogens is 1. The molecule has 0 radical (unpaired) electrons. The molecule has 0 bridgehead atoms. The number of rotatable bonds is 5. The number of aryl methyl sites for hydroxylation is 2. The number of aromatic nitrogens is 2. The molecule has 1 amide bonds. The zero-order chi connectivity index (χ0) is 14.5. The van der Waals surface area contributed by atoms with Crippen LogP contribution in [0.1, 0.15) is 28.0 Å². The summed E-state index contributed by atoms with van der Waals surface area (Å²) in [7, 11) is 0. The number of aromatic amines is 1. The average Bonchev–Trinajstić information content (AvgIpc) is 2.83. The lowest BCUT2D eigenvalue weighted by Crippen LogP contribution is -2.25. The maximum absolute atomic E-state index is 13.5. The monoisotopic (exact) mass is 276 g/mol. The quantitative estimate of drug-likeness (QED) is 0.575. The van der Waals surface area contributed by atoms with E-state index < -0.39 is 11.7 Å². The van der Waals surface area contributed by atoms with E-state index in [4.69, 9.17) is 5.73 Å². The van der Waals surface area contributed by atoms with E-state index in [0.29, 0.717) is 12.2 Å². The Morgan fingerprint density at radius 2 is 2.30 bits per heavy atom. The first-order valence-electron chi connectivity index (χ1n) is 6.40. The summed E-state index contributed by atoms with van der Waals surface area (Å²) < 4.78 is 13.5. The van der Waals surface area contributed by atoms with Crippen LogP contribution in [0, 0.1) is 12.7 Å². The predicted molar refractivity (Wildman–Crippen MR) is 74.8 cm³/mol. The van der Waals surface area contributed by atoms with Crippen LogP contribution in [-0.2, 0) is 6.42 Å². The fourth-order valence-electron chi connectivity index (χ4n) is 1.92. The van der Waals surface area contributed by atoms with Gasteiger partial charge in [0, 0.05) is 17.9 Å². The Bertz CT molecular complexity index is 609. The van der Waals surface area contributed by atoms with Crippen molar-refractivity contribution in [1.29, 1.82) is 0 Å². The van der Waals surface area contributed by atoms with Crippen LogP contribution in [0.15, 0.2) is 24.4 Å². The molecule has 0 aliphatic carbocycles. The van der Waals surface area contributed by atoms with Crippen LogP contribution < -0.4 is 11.1 Å². The Kier molecular flexibility index (Phi) is 4.34. The molecule has 1 heterocycles. The lowest BCUT2D eigenvalue weighted by molar-refractivity contribution is 0.0949. The number of hydrogen-bond donors (Lipinski definition) is 3. The highest BCUT2D eigenvalue weighted by molar-refractivity contribution is 5.95. The largest absolute Gasteiger partial charge is 0.399 e. The molecule has 1 aromatic carbocycles. The molecule has 6 heteroatoms. The van der Waals surface area contributed by atoms with Gasteiger partial charge in [-0.15, -0.1) is 0 Å². The number of nitrogens with one attached hydrogen (secondary N) is 2. The van der Waals surface area contributed by atoms with Gasteiger partial charge in [0.1, 0.15) is 5.82 Å². The highest BCUT2D eigenvalue weighted by atomic mass is 19.1. The first-order chi connectivity index (χ1) is 9.58. The van der Waals surface area contributed by atoms with E-state index in [0.717, 1.165) is 24.1 Å². The second-order valence-electron chi connectivity index (χ2n) is 4.62. The van der Waals surface area contributed by atoms with Crippen molar-refractivity contribution in [2.75, 3.05) is 12.3 Å². The van der Waals surface area contributed by atoms with E-state index in [2.05, 4.69) is 15.5 Å². The van der Waals surface area contributed by atoms with Crippen LogP contribution in [0.3, 0.4) is 0 Å². The van der Waals surface area contributed by atoms with Crippen LogP contribution in [0.5, 0.6) is 0 Å². The molecule has 0 aliphatic rings. The highest BCUT2D eigenvalue weighted by Crippen LogP contribution is 2.12. The molecule has 0 atom stereocenters. The van der Waals surface area contributed by atoms with Gasteiger partial charge in [0.15, 0.2) is 0 Å². The summed E-state index contributed by atoms with van der Waals surface area (Å²) in [5, 5.41) is 9.47. The summed E-state index contributed by atoms with van der Waals surface area (Å²) in [5.74, 6) is -1.01. The van der Waals surface area contributed by atoms with Gasteiger partial charge in [0.05, 0.1) is 11.8 Å². The second kappa shape index (κ2) is 6.18. The predicted octanol–water partition coefficient (Wildman–Crippen LogP) is 1.80. The maximum atomic E-state index is 13.5. The second-order valence-corrected chi connectivity index (χ2v) is 4.62. The standard InChI is InChI=1S/C14H17FN4O/c1-9-10(8-18-19-9)3-2-6-17-14(20)12-7-11(16)4-5-13(12)15/h4-5,7-8H,2-3,6,16H2,1H3,(H,17,20)(H,18,19). The van der Waals surface area contributed by atoms with Crippen molar-refractivity contribution in [1.82, 2.24) is 15.5 Å². The summed E-state index contributed by atoms with van der Waals surface area (Å²) in [6.45, 7) is 2.42. The summed E-state index contributed by atoms with van der Waals surface area (Å²) in [4.78, 5) is 11.8. The molecule has 106 valence electrons. The van der Waals surface area contributed by atoms with Gasteiger partial charge in [0.25, 0.3) is 5.91 Å². The molecule has 0 unspecified atom stereocenters. The molecule has 20 heavy (non-hydrogen) atoms. The molecule has 4 N–H and O–H groups in total. The minimum Gasteiger partial charge on any atom is -0.399 e. The van der Waals surface area contributed by atoms with Gasteiger partial charge in [-0.25, -0.2) is 4.39 Å². The third kappa shape index (κ3) is 3.34. The molecular weight excluding hydrogens is 259 g/mol. The molecule has 0 fully saturated rings. The number of nitrogen functional groups attached to an aromatic ring is 1. The topological polar surface area (TPSA) is 83.8 Å². The summed E-state index contributed by atoms with van der Waals surface area (Å²) in [5.41, 5.74) is 8.03. The minimum atomic E-state index is -0.567. The van der Waals surface area contributed by atoms with E-state index >= 15 is 0 Å². The van der Waals surface area contributed by atoms with Crippen molar-refractivity contribution in [2.24, 2.45) is 0 Å². The molecule has 2 aromatic rings. The number of halogens is 1. The summed E-state index contributed by atoms with van der Waals surface area (Å²) in [6.07, 6.45) is 3.34. The van der Waals surface area contributed by atoms with Gasteiger partial charge < -0.3 is 11.1 Å². The molecule has 0 spiro atoms. The number of amides is 1. The molecule has 0 saturated heterocycles. The first kappa shape index (κ1) is 14.0. The Hall–Kier alpha value is -2.37. The molecule has 5 nitrogen and oxygen atoms in total. The number of carbonyl (C=O) groups is 1. The number of nitrogens with two attached hydrogens (primary N) is 1. The first-order valence-corrected chi connectivity index (χ1v) is 6.40. The lowest BCUT2D eigenvalue weighted by Gasteiger charge is -2.06. The number of carbonyl (C=O) groups excluding carboxylic acids is 1. The minimum absolute atomic E-state index is 0.0236. The maximum Gasteiger partial charge on any atom is 0.254 e. The lowest BCUT2D eigenvalue weighted by atomic mass is 10.1. The number of hydrogen-bond acceptors (Lipinski definition) is 3. The number of benzene rings is 1. The van der Waals surface area contributed by atoms with Gasteiger partial charge in [-0.2, -0.15) is 5.10 Å². The van der Waals surface area contributed by atoms with Gasteiger partial charge in [-0.1, -0.05) is 0 Å². The van der Waals surface area contributed by atoms with Crippen LogP contribution in [0.2, 0.25) is 0 Å². The molecule has 0 aliphatic heterocycles. The Morgan fingerprint density at radius 1 is 1.50 bits per heavy atom. The van der Waals surface area contributed by atoms with Gasteiger partial charge in [0.2, 0.25) is 0 Å². The van der Waals surface area contributed by atoms with Crippen LogP contribution in [0.4, 0.5) is 10.1 Å². The molecule has 0 saturated carbocycles. The fraction of sp³-hybridized carbons (Fsp3) is 0.286. The van der Waals surface area contributed by atoms with Crippen LogP contribution in [-0.4, -0.2) is 22.6 Å². The van der Waals surface area contributed by atoms with E-state index in [1.165, 1.54) is 18.2 Å². The Labute approximate surface area is 116 Å². The Balaban J connectivity index is 1.83. The van der Waals surface area contributed by atoms with Crippen molar-refractivity contribution in [3.05, 3.63) is 47.0 Å². The van der Waals surface area contributed by atoms with E-state index in [1.807, 2.05) is 6.92 Å². The van der Waals surface area contributed by atoms with Crippen molar-refractivity contribution in [2.45, 2.75) is 19.8 Å². The molecule has 1 aromatic heterocycles. The fourth-order valence-corrected chi connectivity index (χ4v) is 1.92. The SMILES string of the molecule is Cc1[nH]ncc1CCCNC(=O)c1cc(N)ccc1F. The van der Waals surface area contributed by atoms with Gasteiger partial charge in [-0.05, 0) is 43.5 Å². The third-order valence-corrected chi connectivity index (χ3v) is 3.08. The molecular formula is C14H17FN4O. The van der Waals surface area contributed by atoms with E-state index in [1.54, 1.807) is 6.20 Å². The summed E-state index contributed by atoms with van der Waals surface area (Å²) >= 11 is 0. The van der Waals surface area contributed by atoms with Gasteiger partial charge in [-0.3, -0.25) is 9.89 Å². The highest BCUT2D eigenvalue weighted by Gasteiger charge is 2.11. The van der Waals surface area contributed by atoms with E-state index in [9.17, 15) is 9.18 Å². The van der Waals surface area contributed by atoms with Gasteiger partial charge >= 0.3 is 0 Å². The van der Waals surface area contributed by atoms with Crippen molar-refractivity contribution in [3.63, 3.8) is 0 Å². The Morgan fingerprint density at radius 3 is 3.00 bits per heavy atom. The van der Waals surface area contributed by atoms with E-state index in [-0.39, 0.29) is 5.56 Å². The number of nitrogens with zero attached hydrogens (tertiary/aromatic N) is 1. The van der Waals surface area contributed by atoms with Crippen LogP contribution >= 0.6 is 0 Å². The number of anilines is 1. The van der Waals surface area contributed by atoms with Crippen molar-refractivity contribution < 1.29 is 9.18 Å².